The fourth-order valence-electron chi connectivity index (χ4n) is 0. The SMILES string of the molecule is O.O.O.O.O.O.O.O.O.O.O.O.O.O.O.O.O.O.O.O.O.O.O.O.O.O.O.O.O.O.O.O.O.O.O.O.O.O.O.O.O.O.O.O.O.O.O.O.O.O.O.O.O.O.[Fe].[K].[K].[K].[K].[K].[Si].[W].[W].[W].[W].[W].[W].[W].[W].[W].[W].[W]. The third-order valence-electron chi connectivity index (χ3n) is 0. The smallest absolute Gasteiger partial charge is 0 e. The van der Waals surface area contributed by atoms with Crippen LogP contribution in [-0.4, -0.2) is 564 Å². The Morgan fingerprint density at radius 3 is 0.0694 bits per heavy atom. The summed E-state index contributed by atoms with van der Waals surface area (Å²) in [6, 6.07) is 0. The molecule has 0 amide bonds. The average molecular weight is 3270 g/mol. The van der Waals surface area contributed by atoms with E-state index in [9.17, 15) is 0 Å². The average Bonchev–Trinajstić information content (AvgIpc) is 0. The first-order valence-electron chi connectivity index (χ1n) is 0. The molecule has 0 aliphatic carbocycles. The molecule has 0 bridgehead atoms. The molecule has 108 N–H and O–H groups in total. The minimum absolute atomic E-state index is 0. The van der Waals surface area contributed by atoms with E-state index in [2.05, 4.69) is 0 Å². The van der Waals surface area contributed by atoms with Crippen molar-refractivity contribution in [3.63, 3.8) is 0 Å². The van der Waals surface area contributed by atoms with Gasteiger partial charge >= 0.3 is 0 Å². The van der Waals surface area contributed by atoms with Gasteiger partial charge in [0.25, 0.3) is 0 Å². The van der Waals surface area contributed by atoms with Crippen LogP contribution in [0.4, 0.5) is 0 Å². The van der Waals surface area contributed by atoms with Crippen LogP contribution in [0.25, 0.3) is 0 Å². The number of hydrogen-bond donors (Lipinski definition) is 0. The maximum absolute atomic E-state index is 0. The van der Waals surface area contributed by atoms with Crippen LogP contribution in [0.2, 0.25) is 0 Å². The van der Waals surface area contributed by atoms with Gasteiger partial charge in [-0.15, -0.1) is 0 Å². The number of hydrogen-bond acceptors (Lipinski definition) is 0. The van der Waals surface area contributed by atoms with Crippen LogP contribution in [0.3, 0.4) is 0 Å². The Morgan fingerprint density at radius 2 is 0.0694 bits per heavy atom. The molecule has 0 aliphatic heterocycles. The summed E-state index contributed by atoms with van der Waals surface area (Å²) in [5, 5.41) is 0. The molecule has 0 atom stereocenters. The van der Waals surface area contributed by atoms with Gasteiger partial charge in [0.2, 0.25) is 0 Å². The summed E-state index contributed by atoms with van der Waals surface area (Å²) >= 11 is 0. The fourth-order valence-corrected chi connectivity index (χ4v) is 0. The van der Waals surface area contributed by atoms with Gasteiger partial charge in [0.05, 0.1) is 0 Å². The Hall–Kier alpha value is 14.3. The zero-order valence-corrected chi connectivity index (χ0v) is 87.3. The van der Waals surface area contributed by atoms with Crippen LogP contribution >= 0.6 is 0 Å². The van der Waals surface area contributed by atoms with Crippen LogP contribution in [0, 0.1) is 0 Å². The van der Waals surface area contributed by atoms with Crippen molar-refractivity contribution in [3.8, 4) is 0 Å². The van der Waals surface area contributed by atoms with E-state index in [-0.39, 0.29) is 812 Å². The molecule has 0 saturated heterocycles. The van der Waals surface area contributed by atoms with Crippen LogP contribution in [-0.2, 0) is 249 Å². The van der Waals surface area contributed by atoms with Crippen molar-refractivity contribution in [1.82, 2.24) is 0 Å². The quantitative estimate of drug-likeness (QED) is 0.204. The minimum atomic E-state index is 0. The van der Waals surface area contributed by atoms with Crippen molar-refractivity contribution in [2.75, 3.05) is 0 Å². The van der Waals surface area contributed by atoms with Crippen molar-refractivity contribution in [2.45, 2.75) is 0 Å². The largest absolute Gasteiger partial charge is 0.412 e. The van der Waals surface area contributed by atoms with Gasteiger partial charge in [-0.05, 0) is 0 Å². The molecule has 0 heterocycles. The zero-order chi connectivity index (χ0) is 0. The summed E-state index contributed by atoms with van der Waals surface area (Å²) in [6.45, 7) is 0. The Bertz CT molecular complexity index is 83.8. The van der Waals surface area contributed by atoms with Crippen molar-refractivity contribution in [1.29, 1.82) is 0 Å². The first kappa shape index (κ1) is 3060. The molecule has 0 aliphatic rings. The summed E-state index contributed by atoms with van der Waals surface area (Å²) in [5.41, 5.74) is 0. The molecule has 515 valence electrons. The maximum Gasteiger partial charge on any atom is 0 e. The Morgan fingerprint density at radius 1 is 0.0694 bits per heavy atom. The van der Waals surface area contributed by atoms with Gasteiger partial charge in [0.15, 0.2) is 0 Å². The van der Waals surface area contributed by atoms with Gasteiger partial charge in [-0.2, -0.15) is 0 Å². The fraction of sp³-hybridized carbons (Fsp3) is 0. The Kier molecular flexibility index (Phi) is 126000. The molecule has 0 fully saturated rings. The molecule has 0 aromatic heterocycles. The molecule has 9 radical (unpaired) electrons. The first-order chi connectivity index (χ1) is 0. The van der Waals surface area contributed by atoms with E-state index < -0.39 is 0 Å². The first-order valence-corrected chi connectivity index (χ1v) is 0. The van der Waals surface area contributed by atoms with Gasteiger partial charge in [0.1, 0.15) is 0 Å². The van der Waals surface area contributed by atoms with Gasteiger partial charge in [-0.3, -0.25) is 0 Å². The standard InChI is InChI=1S/Fe.5K.54H2O.Si.11W/h;;;;;;54*1H2;;;;;;;;;;;;. The second kappa shape index (κ2) is 2960. The molecule has 0 aromatic rings. The summed E-state index contributed by atoms with van der Waals surface area (Å²) in [7, 11) is 0. The van der Waals surface area contributed by atoms with E-state index in [0.29, 0.717) is 0 Å². The summed E-state index contributed by atoms with van der Waals surface area (Å²) < 4.78 is 0. The maximum atomic E-state index is 0. The van der Waals surface area contributed by atoms with Crippen LogP contribution in [0.15, 0.2) is 0 Å². The third kappa shape index (κ3) is 2850. The summed E-state index contributed by atoms with van der Waals surface area (Å²) in [6.07, 6.45) is 0. The zero-order valence-electron chi connectivity index (χ0n) is 37.3. The van der Waals surface area contributed by atoms with Gasteiger partial charge in [-0.25, -0.2) is 0 Å². The van der Waals surface area contributed by atoms with Crippen molar-refractivity contribution < 1.29 is 545 Å². The second-order valence-electron chi connectivity index (χ2n) is 0. The predicted octanol–water partition coefficient (Wildman–Crippen LogP) is -46.8. The molecule has 72 heavy (non-hydrogen) atoms. The van der Waals surface area contributed by atoms with Crippen molar-refractivity contribution in [2.24, 2.45) is 0 Å². The van der Waals surface area contributed by atoms with E-state index in [4.69, 9.17) is 0 Å². The molecular formula is H108FeK5O54SiW11. The Labute approximate surface area is 794 Å². The second-order valence-corrected chi connectivity index (χ2v) is 0. The van der Waals surface area contributed by atoms with E-state index >= 15 is 0 Å². The molecule has 0 unspecified atom stereocenters. The molecule has 0 spiro atoms. The third-order valence-corrected chi connectivity index (χ3v) is 0. The monoisotopic (exact) mass is 3270 g/mol. The van der Waals surface area contributed by atoms with Gasteiger partial charge in [-0.1, -0.05) is 0 Å². The molecule has 0 aromatic carbocycles. The van der Waals surface area contributed by atoms with Gasteiger partial charge < -0.3 is 296 Å². The summed E-state index contributed by atoms with van der Waals surface area (Å²) in [5.74, 6) is 0. The summed E-state index contributed by atoms with van der Waals surface area (Å²) in [4.78, 5) is 0. The van der Waals surface area contributed by atoms with Crippen molar-refractivity contribution in [3.05, 3.63) is 0 Å². The number of rotatable bonds is 0. The normalized spacial score (nSPS) is 0. The van der Waals surface area contributed by atoms with E-state index in [1.54, 1.807) is 0 Å². The molecule has 72 heteroatoms. The topological polar surface area (TPSA) is 1700 Å². The van der Waals surface area contributed by atoms with Crippen LogP contribution in [0.5, 0.6) is 0 Å². The van der Waals surface area contributed by atoms with Crippen molar-refractivity contribution >= 4 is 268 Å². The van der Waals surface area contributed by atoms with E-state index in [1.165, 1.54) is 0 Å². The minimum Gasteiger partial charge on any atom is -0.412 e. The van der Waals surface area contributed by atoms with E-state index in [1.807, 2.05) is 0 Å². The molecule has 0 saturated carbocycles. The van der Waals surface area contributed by atoms with E-state index in [0.717, 1.165) is 0 Å². The van der Waals surface area contributed by atoms with Gasteiger partial charge in [0, 0.05) is 517 Å². The molecule has 0 rings (SSSR count). The molecular weight excluding hydrogens is 3170 g/mol. The van der Waals surface area contributed by atoms with Crippen LogP contribution < -0.4 is 0 Å². The molecule has 54 nitrogen and oxygen atoms in total. The Balaban J connectivity index is 0. The van der Waals surface area contributed by atoms with Crippen LogP contribution in [0.1, 0.15) is 0 Å². The predicted molar refractivity (Wildman–Crippen MR) is 230 cm³/mol.